The minimum Gasteiger partial charge on any atom is -0.264 e. The molecule has 19 heavy (non-hydrogen) atoms. The molecule has 0 aliphatic heterocycles. The maximum Gasteiger partial charge on any atom is 0.0406 e. The van der Waals surface area contributed by atoms with Gasteiger partial charge in [-0.05, 0) is 48.4 Å². The SMILES string of the molecule is CCC(C)C(Cc1cccnc1)Cc1ccccn1. The summed E-state index contributed by atoms with van der Waals surface area (Å²) in [6.45, 7) is 4.60. The van der Waals surface area contributed by atoms with Gasteiger partial charge in [0, 0.05) is 24.3 Å². The van der Waals surface area contributed by atoms with Crippen molar-refractivity contribution in [3.05, 3.63) is 60.2 Å². The van der Waals surface area contributed by atoms with Crippen LogP contribution in [0.25, 0.3) is 0 Å². The van der Waals surface area contributed by atoms with Gasteiger partial charge in [-0.15, -0.1) is 0 Å². The predicted octanol–water partition coefficient (Wildman–Crippen LogP) is 3.92. The maximum absolute atomic E-state index is 4.46. The molecule has 100 valence electrons. The van der Waals surface area contributed by atoms with Crippen LogP contribution in [0.5, 0.6) is 0 Å². The van der Waals surface area contributed by atoms with E-state index >= 15 is 0 Å². The van der Waals surface area contributed by atoms with E-state index in [1.54, 1.807) is 0 Å². The quantitative estimate of drug-likeness (QED) is 0.780. The second kappa shape index (κ2) is 7.03. The highest BCUT2D eigenvalue weighted by Gasteiger charge is 2.17. The summed E-state index contributed by atoms with van der Waals surface area (Å²) in [4.78, 5) is 8.68. The van der Waals surface area contributed by atoms with Crippen molar-refractivity contribution in [3.8, 4) is 0 Å². The molecule has 2 aromatic rings. The Bertz CT molecular complexity index is 426. The molecule has 2 aromatic heterocycles. The Balaban J connectivity index is 2.08. The number of hydrogen-bond acceptors (Lipinski definition) is 2. The van der Waals surface area contributed by atoms with Crippen LogP contribution in [0, 0.1) is 11.8 Å². The number of aromatic nitrogens is 2. The molecule has 0 aliphatic rings. The largest absolute Gasteiger partial charge is 0.264 e. The van der Waals surface area contributed by atoms with E-state index in [9.17, 15) is 0 Å². The van der Waals surface area contributed by atoms with E-state index in [2.05, 4.69) is 42.0 Å². The molecule has 0 aliphatic carbocycles. The molecule has 0 aromatic carbocycles. The summed E-state index contributed by atoms with van der Waals surface area (Å²) in [6.07, 6.45) is 9.03. The molecule has 2 heteroatoms. The van der Waals surface area contributed by atoms with E-state index in [1.807, 2.05) is 30.7 Å². The minimum absolute atomic E-state index is 0.629. The molecule has 0 saturated carbocycles. The zero-order valence-corrected chi connectivity index (χ0v) is 11.8. The van der Waals surface area contributed by atoms with Gasteiger partial charge in [-0.3, -0.25) is 9.97 Å². The van der Waals surface area contributed by atoms with Crippen LogP contribution in [0.2, 0.25) is 0 Å². The second-order valence-corrected chi connectivity index (χ2v) is 5.24. The summed E-state index contributed by atoms with van der Waals surface area (Å²) in [5.41, 5.74) is 2.51. The summed E-state index contributed by atoms with van der Waals surface area (Å²) >= 11 is 0. The van der Waals surface area contributed by atoms with Gasteiger partial charge in [0.25, 0.3) is 0 Å². The Hall–Kier alpha value is -1.70. The van der Waals surface area contributed by atoms with Crippen molar-refractivity contribution in [2.75, 3.05) is 0 Å². The monoisotopic (exact) mass is 254 g/mol. The van der Waals surface area contributed by atoms with Crippen molar-refractivity contribution < 1.29 is 0 Å². The summed E-state index contributed by atoms with van der Waals surface area (Å²) in [6, 6.07) is 10.4. The molecule has 2 rings (SSSR count). The van der Waals surface area contributed by atoms with Gasteiger partial charge in [0.05, 0.1) is 0 Å². The molecule has 2 heterocycles. The van der Waals surface area contributed by atoms with Gasteiger partial charge in [0.15, 0.2) is 0 Å². The highest BCUT2D eigenvalue weighted by atomic mass is 14.7. The van der Waals surface area contributed by atoms with E-state index < -0.39 is 0 Å². The molecule has 2 atom stereocenters. The molecular formula is C17H22N2. The van der Waals surface area contributed by atoms with Crippen LogP contribution in [0.15, 0.2) is 48.9 Å². The topological polar surface area (TPSA) is 25.8 Å². The normalized spacial score (nSPS) is 14.0. The molecule has 0 radical (unpaired) electrons. The van der Waals surface area contributed by atoms with Gasteiger partial charge >= 0.3 is 0 Å². The van der Waals surface area contributed by atoms with Crippen LogP contribution in [0.4, 0.5) is 0 Å². The van der Waals surface area contributed by atoms with Crippen molar-refractivity contribution in [3.63, 3.8) is 0 Å². The molecule has 0 N–H and O–H groups in total. The average molecular weight is 254 g/mol. The number of hydrogen-bond donors (Lipinski definition) is 0. The van der Waals surface area contributed by atoms with Gasteiger partial charge in [0.1, 0.15) is 0 Å². The summed E-state index contributed by atoms with van der Waals surface area (Å²) in [5, 5.41) is 0. The molecule has 0 fully saturated rings. The van der Waals surface area contributed by atoms with Crippen LogP contribution in [-0.2, 0) is 12.8 Å². The van der Waals surface area contributed by atoms with Crippen LogP contribution in [0.3, 0.4) is 0 Å². The predicted molar refractivity (Wildman–Crippen MR) is 78.8 cm³/mol. The van der Waals surface area contributed by atoms with Gasteiger partial charge < -0.3 is 0 Å². The molecule has 2 unspecified atom stereocenters. The molecule has 2 nitrogen and oxygen atoms in total. The smallest absolute Gasteiger partial charge is 0.0406 e. The molecule has 0 amide bonds. The van der Waals surface area contributed by atoms with Crippen molar-refractivity contribution in [1.29, 1.82) is 0 Å². The lowest BCUT2D eigenvalue weighted by Crippen LogP contribution is -2.17. The van der Waals surface area contributed by atoms with Crippen molar-refractivity contribution in [2.24, 2.45) is 11.8 Å². The first kappa shape index (κ1) is 13.7. The van der Waals surface area contributed by atoms with Crippen LogP contribution in [-0.4, -0.2) is 9.97 Å². The Morgan fingerprint density at radius 3 is 2.58 bits per heavy atom. The Morgan fingerprint density at radius 1 is 1.05 bits per heavy atom. The zero-order valence-electron chi connectivity index (χ0n) is 11.8. The number of pyridine rings is 2. The lowest BCUT2D eigenvalue weighted by molar-refractivity contribution is 0.341. The van der Waals surface area contributed by atoms with Crippen molar-refractivity contribution in [2.45, 2.75) is 33.1 Å². The molecule has 0 bridgehead atoms. The van der Waals surface area contributed by atoms with E-state index in [1.165, 1.54) is 17.7 Å². The summed E-state index contributed by atoms with van der Waals surface area (Å²) in [5.74, 6) is 1.33. The molecule has 0 saturated heterocycles. The number of nitrogens with zero attached hydrogens (tertiary/aromatic N) is 2. The first-order valence-electron chi connectivity index (χ1n) is 7.08. The van der Waals surface area contributed by atoms with Gasteiger partial charge in [0.2, 0.25) is 0 Å². The first-order valence-corrected chi connectivity index (χ1v) is 7.08. The minimum atomic E-state index is 0.629. The Labute approximate surface area is 115 Å². The number of rotatable bonds is 6. The lowest BCUT2D eigenvalue weighted by Gasteiger charge is -2.22. The van der Waals surface area contributed by atoms with Crippen LogP contribution >= 0.6 is 0 Å². The first-order chi connectivity index (χ1) is 9.29. The van der Waals surface area contributed by atoms with Gasteiger partial charge in [-0.1, -0.05) is 32.4 Å². The standard InChI is InChI=1S/C17H22N2/c1-3-14(2)16(11-15-7-6-9-18-13-15)12-17-8-4-5-10-19-17/h4-10,13-14,16H,3,11-12H2,1-2H3. The fourth-order valence-corrected chi connectivity index (χ4v) is 2.42. The van der Waals surface area contributed by atoms with Crippen LogP contribution < -0.4 is 0 Å². The van der Waals surface area contributed by atoms with E-state index in [-0.39, 0.29) is 0 Å². The third-order valence-corrected chi connectivity index (χ3v) is 3.87. The van der Waals surface area contributed by atoms with Gasteiger partial charge in [-0.25, -0.2) is 0 Å². The Kier molecular flexibility index (Phi) is 5.08. The van der Waals surface area contributed by atoms with E-state index in [0.717, 1.165) is 12.8 Å². The highest BCUT2D eigenvalue weighted by Crippen LogP contribution is 2.23. The van der Waals surface area contributed by atoms with Gasteiger partial charge in [-0.2, -0.15) is 0 Å². The van der Waals surface area contributed by atoms with Crippen molar-refractivity contribution in [1.82, 2.24) is 9.97 Å². The third kappa shape index (κ3) is 4.16. The average Bonchev–Trinajstić information content (AvgIpc) is 2.48. The summed E-state index contributed by atoms with van der Waals surface area (Å²) < 4.78 is 0. The highest BCUT2D eigenvalue weighted by molar-refractivity contribution is 5.11. The van der Waals surface area contributed by atoms with Crippen LogP contribution in [0.1, 0.15) is 31.5 Å². The van der Waals surface area contributed by atoms with E-state index in [4.69, 9.17) is 0 Å². The zero-order chi connectivity index (χ0) is 13.5. The Morgan fingerprint density at radius 2 is 1.95 bits per heavy atom. The maximum atomic E-state index is 4.46. The lowest BCUT2D eigenvalue weighted by atomic mass is 9.83. The second-order valence-electron chi connectivity index (χ2n) is 5.24. The van der Waals surface area contributed by atoms with Crippen molar-refractivity contribution >= 4 is 0 Å². The van der Waals surface area contributed by atoms with E-state index in [0.29, 0.717) is 11.8 Å². The molecular weight excluding hydrogens is 232 g/mol. The fourth-order valence-electron chi connectivity index (χ4n) is 2.42. The third-order valence-electron chi connectivity index (χ3n) is 3.87. The molecule has 0 spiro atoms. The summed E-state index contributed by atoms with van der Waals surface area (Å²) in [7, 11) is 0. The fraction of sp³-hybridized carbons (Fsp3) is 0.412.